The molecule has 0 spiro atoms. The van der Waals surface area contributed by atoms with Gasteiger partial charge in [0.05, 0.1) is 0 Å². The Bertz CT molecular complexity index is 180. The predicted molar refractivity (Wildman–Crippen MR) is 55.0 cm³/mol. The van der Waals surface area contributed by atoms with Crippen molar-refractivity contribution in [2.45, 2.75) is 24.5 Å². The largest absolute Gasteiger partial charge is 0.372 e. The van der Waals surface area contributed by atoms with E-state index >= 15 is 0 Å². The van der Waals surface area contributed by atoms with Crippen LogP contribution in [0.4, 0.5) is 0 Å². The molecule has 0 bridgehead atoms. The van der Waals surface area contributed by atoms with Crippen LogP contribution in [-0.4, -0.2) is 36.7 Å². The second kappa shape index (κ2) is 4.86. The van der Waals surface area contributed by atoms with E-state index in [0.29, 0.717) is 11.4 Å². The van der Waals surface area contributed by atoms with Crippen molar-refractivity contribution >= 4 is 17.7 Å². The molecule has 0 saturated heterocycles. The van der Waals surface area contributed by atoms with Crippen molar-refractivity contribution < 1.29 is 9.53 Å². The van der Waals surface area contributed by atoms with Gasteiger partial charge >= 0.3 is 0 Å². The van der Waals surface area contributed by atoms with E-state index in [0.717, 1.165) is 6.54 Å². The molecular formula is C9H17NO2S. The molecule has 0 radical (unpaired) electrons. The molecule has 13 heavy (non-hydrogen) atoms. The third-order valence-corrected chi connectivity index (χ3v) is 3.70. The summed E-state index contributed by atoms with van der Waals surface area (Å²) >= 11 is 1.85. The lowest BCUT2D eigenvalue weighted by Gasteiger charge is -2.12. The fourth-order valence-electron chi connectivity index (χ4n) is 1.10. The van der Waals surface area contributed by atoms with Crippen molar-refractivity contribution in [3.63, 3.8) is 0 Å². The molecule has 3 nitrogen and oxygen atoms in total. The van der Waals surface area contributed by atoms with Gasteiger partial charge in [-0.15, -0.1) is 0 Å². The zero-order valence-electron chi connectivity index (χ0n) is 8.26. The van der Waals surface area contributed by atoms with E-state index in [9.17, 15) is 4.79 Å². The Morgan fingerprint density at radius 3 is 2.77 bits per heavy atom. The highest BCUT2D eigenvalue weighted by molar-refractivity contribution is 8.00. The molecule has 0 atom stereocenters. The van der Waals surface area contributed by atoms with Gasteiger partial charge in [-0.25, -0.2) is 0 Å². The number of hydrogen-bond acceptors (Lipinski definition) is 3. The van der Waals surface area contributed by atoms with E-state index < -0.39 is 0 Å². The lowest BCUT2D eigenvalue weighted by atomic mass is 10.4. The first kappa shape index (κ1) is 10.9. The summed E-state index contributed by atoms with van der Waals surface area (Å²) in [5.74, 6) is 0.00201. The highest BCUT2D eigenvalue weighted by Gasteiger charge is 2.41. The van der Waals surface area contributed by atoms with Gasteiger partial charge in [0, 0.05) is 17.9 Å². The fourth-order valence-corrected chi connectivity index (χ4v) is 1.82. The van der Waals surface area contributed by atoms with Gasteiger partial charge in [0.1, 0.15) is 6.61 Å². The first-order chi connectivity index (χ1) is 6.22. The summed E-state index contributed by atoms with van der Waals surface area (Å²) in [6, 6.07) is 0. The van der Waals surface area contributed by atoms with Crippen LogP contribution in [0.2, 0.25) is 0 Å². The molecule has 0 aromatic carbocycles. The molecule has 1 amide bonds. The third-order valence-electron chi connectivity index (χ3n) is 2.29. The van der Waals surface area contributed by atoms with Crippen LogP contribution < -0.4 is 5.32 Å². The number of rotatable bonds is 6. The van der Waals surface area contributed by atoms with Crippen molar-refractivity contribution in [3.05, 3.63) is 0 Å². The van der Waals surface area contributed by atoms with Gasteiger partial charge in [0.2, 0.25) is 5.91 Å². The van der Waals surface area contributed by atoms with Crippen LogP contribution in [0.15, 0.2) is 0 Å². The molecule has 4 heteroatoms. The molecule has 0 aromatic heterocycles. The molecule has 0 unspecified atom stereocenters. The average molecular weight is 203 g/mol. The average Bonchev–Trinajstić information content (AvgIpc) is 2.92. The number of hydrogen-bond donors (Lipinski definition) is 1. The number of ether oxygens (including phenoxy) is 1. The van der Waals surface area contributed by atoms with Gasteiger partial charge in [-0.3, -0.25) is 4.79 Å². The highest BCUT2D eigenvalue weighted by Crippen LogP contribution is 2.46. The number of nitrogens with one attached hydrogen (secondary N) is 1. The molecule has 76 valence electrons. The summed E-state index contributed by atoms with van der Waals surface area (Å²) < 4.78 is 5.34. The van der Waals surface area contributed by atoms with E-state index in [4.69, 9.17) is 4.74 Å². The molecule has 1 aliphatic carbocycles. The fraction of sp³-hybridized carbons (Fsp3) is 0.889. The molecule has 1 aliphatic rings. The van der Waals surface area contributed by atoms with Crippen LogP contribution >= 0.6 is 11.8 Å². The van der Waals surface area contributed by atoms with Crippen LogP contribution in [0.25, 0.3) is 0 Å². The molecule has 1 rings (SSSR count). The zero-order valence-corrected chi connectivity index (χ0v) is 9.08. The number of carbonyl (C=O) groups is 1. The van der Waals surface area contributed by atoms with Crippen molar-refractivity contribution in [3.8, 4) is 0 Å². The number of amides is 1. The molecule has 0 heterocycles. The quantitative estimate of drug-likeness (QED) is 0.701. The van der Waals surface area contributed by atoms with E-state index in [1.165, 1.54) is 12.8 Å². The zero-order chi connectivity index (χ0) is 9.73. The van der Waals surface area contributed by atoms with Crippen LogP contribution in [0, 0.1) is 0 Å². The second-order valence-electron chi connectivity index (χ2n) is 3.30. The van der Waals surface area contributed by atoms with Crippen LogP contribution in [0.1, 0.15) is 19.8 Å². The van der Waals surface area contributed by atoms with Crippen molar-refractivity contribution in [1.29, 1.82) is 0 Å². The summed E-state index contributed by atoms with van der Waals surface area (Å²) in [4.78, 5) is 11.1. The van der Waals surface area contributed by atoms with Gasteiger partial charge < -0.3 is 10.1 Å². The maximum atomic E-state index is 11.1. The molecule has 1 saturated carbocycles. The summed E-state index contributed by atoms with van der Waals surface area (Å²) in [7, 11) is 0. The van der Waals surface area contributed by atoms with Crippen LogP contribution in [0.3, 0.4) is 0 Å². The Morgan fingerprint density at radius 2 is 2.31 bits per heavy atom. The van der Waals surface area contributed by atoms with Crippen molar-refractivity contribution in [2.75, 3.05) is 26.0 Å². The standard InChI is InChI=1S/C9H17NO2S/c1-3-12-6-8(11)10-7-9(13-2)4-5-9/h3-7H2,1-2H3,(H,10,11). The minimum Gasteiger partial charge on any atom is -0.372 e. The van der Waals surface area contributed by atoms with E-state index in [-0.39, 0.29) is 12.5 Å². The van der Waals surface area contributed by atoms with E-state index in [1.807, 2.05) is 18.7 Å². The predicted octanol–water partition coefficient (Wildman–Crippen LogP) is 1.03. The monoisotopic (exact) mass is 203 g/mol. The summed E-state index contributed by atoms with van der Waals surface area (Å²) in [5.41, 5.74) is 0. The molecule has 1 N–H and O–H groups in total. The van der Waals surface area contributed by atoms with E-state index in [2.05, 4.69) is 11.6 Å². The molecule has 0 aliphatic heterocycles. The lowest BCUT2D eigenvalue weighted by molar-refractivity contribution is -0.125. The lowest BCUT2D eigenvalue weighted by Crippen LogP contribution is -2.34. The molecule has 1 fully saturated rings. The number of thioether (sulfide) groups is 1. The third kappa shape index (κ3) is 3.56. The summed E-state index contributed by atoms with van der Waals surface area (Å²) in [5, 5.41) is 2.89. The maximum absolute atomic E-state index is 11.1. The molecule has 0 aromatic rings. The first-order valence-corrected chi connectivity index (χ1v) is 5.84. The maximum Gasteiger partial charge on any atom is 0.246 e. The Kier molecular flexibility index (Phi) is 4.06. The Labute approximate surface area is 83.6 Å². The number of carbonyl (C=O) groups excluding carboxylic acids is 1. The SMILES string of the molecule is CCOCC(=O)NCC1(SC)CC1. The summed E-state index contributed by atoms with van der Waals surface area (Å²) in [6.45, 7) is 3.47. The van der Waals surface area contributed by atoms with Gasteiger partial charge in [-0.2, -0.15) is 11.8 Å². The van der Waals surface area contributed by atoms with Crippen molar-refractivity contribution in [2.24, 2.45) is 0 Å². The van der Waals surface area contributed by atoms with Gasteiger partial charge in [0.15, 0.2) is 0 Å². The van der Waals surface area contributed by atoms with Crippen LogP contribution in [-0.2, 0) is 9.53 Å². The van der Waals surface area contributed by atoms with Gasteiger partial charge in [-0.05, 0) is 26.0 Å². The Hall–Kier alpha value is -0.220. The van der Waals surface area contributed by atoms with Gasteiger partial charge in [-0.1, -0.05) is 0 Å². The minimum atomic E-state index is 0.00201. The van der Waals surface area contributed by atoms with Crippen molar-refractivity contribution in [1.82, 2.24) is 5.32 Å². The first-order valence-electron chi connectivity index (χ1n) is 4.62. The minimum absolute atomic E-state index is 0.00201. The Balaban J connectivity index is 2.08. The van der Waals surface area contributed by atoms with E-state index in [1.54, 1.807) is 0 Å². The summed E-state index contributed by atoms with van der Waals surface area (Å²) in [6.07, 6.45) is 4.55. The molecular weight excluding hydrogens is 186 g/mol. The van der Waals surface area contributed by atoms with Crippen LogP contribution in [0.5, 0.6) is 0 Å². The van der Waals surface area contributed by atoms with Gasteiger partial charge in [0.25, 0.3) is 0 Å². The smallest absolute Gasteiger partial charge is 0.246 e. The normalized spacial score (nSPS) is 18.3. The Morgan fingerprint density at radius 1 is 1.62 bits per heavy atom. The highest BCUT2D eigenvalue weighted by atomic mass is 32.2. The topological polar surface area (TPSA) is 38.3 Å². The second-order valence-corrected chi connectivity index (χ2v) is 4.58.